The lowest BCUT2D eigenvalue weighted by atomic mass is 10.0. The molecule has 1 fully saturated rings. The number of nitrogens with zero attached hydrogens (tertiary/aromatic N) is 1. The maximum Gasteiger partial charge on any atom is 0.246 e. The van der Waals surface area contributed by atoms with Crippen molar-refractivity contribution in [2.75, 3.05) is 13.1 Å². The van der Waals surface area contributed by atoms with E-state index in [0.717, 1.165) is 6.07 Å². The van der Waals surface area contributed by atoms with Gasteiger partial charge in [0.25, 0.3) is 0 Å². The topological polar surface area (TPSA) is 79.6 Å². The molecule has 0 radical (unpaired) electrons. The molecule has 2 unspecified atom stereocenters. The number of carbonyl (C=O) groups is 1. The standard InChI is InChI=1S/C18H21FN2O4S/c1-11-4-6-15(19)18(8-11)26(23,24)21-9-14(16(10-21)20-13(3)22)17-7-5-12(2)25-17/h4-8,14,16H,9-10H2,1-3H3,(H,20,22). The first-order valence-electron chi connectivity index (χ1n) is 8.28. The van der Waals surface area contributed by atoms with E-state index in [9.17, 15) is 17.6 Å². The summed E-state index contributed by atoms with van der Waals surface area (Å²) in [5.74, 6) is -0.0836. The van der Waals surface area contributed by atoms with Crippen LogP contribution in [0.4, 0.5) is 4.39 Å². The van der Waals surface area contributed by atoms with Crippen molar-refractivity contribution in [3.05, 3.63) is 53.2 Å². The Morgan fingerprint density at radius 2 is 1.96 bits per heavy atom. The molecule has 1 amide bonds. The molecular weight excluding hydrogens is 359 g/mol. The second-order valence-electron chi connectivity index (χ2n) is 6.62. The van der Waals surface area contributed by atoms with Gasteiger partial charge in [0, 0.05) is 20.0 Å². The van der Waals surface area contributed by atoms with Crippen LogP contribution in [0.2, 0.25) is 0 Å². The molecule has 8 heteroatoms. The van der Waals surface area contributed by atoms with Crippen LogP contribution in [0.1, 0.15) is 29.9 Å². The Morgan fingerprint density at radius 1 is 1.23 bits per heavy atom. The molecule has 1 saturated heterocycles. The molecule has 140 valence electrons. The second-order valence-corrected chi connectivity index (χ2v) is 8.52. The number of rotatable bonds is 4. The predicted octanol–water partition coefficient (Wildman–Crippen LogP) is 2.33. The molecule has 1 aliphatic rings. The smallest absolute Gasteiger partial charge is 0.246 e. The third-order valence-corrected chi connectivity index (χ3v) is 6.35. The summed E-state index contributed by atoms with van der Waals surface area (Å²) in [5.41, 5.74) is 0.654. The Balaban J connectivity index is 1.95. The third kappa shape index (κ3) is 3.52. The first kappa shape index (κ1) is 18.6. The second kappa shape index (κ2) is 6.85. The Hall–Kier alpha value is -2.19. The van der Waals surface area contributed by atoms with E-state index in [1.54, 1.807) is 26.0 Å². The van der Waals surface area contributed by atoms with Gasteiger partial charge in [-0.3, -0.25) is 4.79 Å². The molecule has 0 bridgehead atoms. The van der Waals surface area contributed by atoms with Gasteiger partial charge >= 0.3 is 0 Å². The lowest BCUT2D eigenvalue weighted by Gasteiger charge is -2.17. The van der Waals surface area contributed by atoms with E-state index < -0.39 is 21.9 Å². The van der Waals surface area contributed by atoms with Crippen LogP contribution in [0.5, 0.6) is 0 Å². The van der Waals surface area contributed by atoms with Crippen LogP contribution in [0, 0.1) is 19.7 Å². The Labute approximate surface area is 152 Å². The van der Waals surface area contributed by atoms with E-state index >= 15 is 0 Å². The maximum absolute atomic E-state index is 14.2. The first-order chi connectivity index (χ1) is 12.2. The summed E-state index contributed by atoms with van der Waals surface area (Å²) < 4.78 is 46.9. The highest BCUT2D eigenvalue weighted by atomic mass is 32.2. The molecule has 2 aromatic rings. The normalized spacial score (nSPS) is 21.1. The number of benzene rings is 1. The zero-order valence-corrected chi connectivity index (χ0v) is 15.6. The highest BCUT2D eigenvalue weighted by Gasteiger charge is 2.42. The van der Waals surface area contributed by atoms with Gasteiger partial charge in [0.05, 0.1) is 12.0 Å². The predicted molar refractivity (Wildman–Crippen MR) is 93.7 cm³/mol. The first-order valence-corrected chi connectivity index (χ1v) is 9.72. The minimum atomic E-state index is -4.03. The van der Waals surface area contributed by atoms with Gasteiger partial charge in [-0.15, -0.1) is 0 Å². The van der Waals surface area contributed by atoms with Crippen molar-refractivity contribution in [1.82, 2.24) is 9.62 Å². The number of carbonyl (C=O) groups excluding carboxylic acids is 1. The fraction of sp³-hybridized carbons (Fsp3) is 0.389. The molecule has 26 heavy (non-hydrogen) atoms. The maximum atomic E-state index is 14.2. The molecule has 0 aliphatic carbocycles. The number of nitrogens with one attached hydrogen (secondary N) is 1. The van der Waals surface area contributed by atoms with Gasteiger partial charge in [0.15, 0.2) is 0 Å². The fourth-order valence-corrected chi connectivity index (χ4v) is 4.90. The van der Waals surface area contributed by atoms with E-state index in [4.69, 9.17) is 4.42 Å². The minimum absolute atomic E-state index is 0.0553. The van der Waals surface area contributed by atoms with E-state index in [0.29, 0.717) is 17.1 Å². The third-order valence-electron chi connectivity index (χ3n) is 4.51. The largest absolute Gasteiger partial charge is 0.466 e. The van der Waals surface area contributed by atoms with Crippen LogP contribution >= 0.6 is 0 Å². The molecule has 0 spiro atoms. The van der Waals surface area contributed by atoms with Crippen molar-refractivity contribution < 1.29 is 22.0 Å². The summed E-state index contributed by atoms with van der Waals surface area (Å²) in [4.78, 5) is 11.2. The Morgan fingerprint density at radius 3 is 2.58 bits per heavy atom. The van der Waals surface area contributed by atoms with E-state index in [1.807, 2.05) is 0 Å². The quantitative estimate of drug-likeness (QED) is 0.883. The average molecular weight is 380 g/mol. The van der Waals surface area contributed by atoms with Crippen LogP contribution < -0.4 is 5.32 Å². The van der Waals surface area contributed by atoms with Crippen LogP contribution in [-0.4, -0.2) is 37.8 Å². The molecule has 1 aromatic heterocycles. The number of hydrogen-bond donors (Lipinski definition) is 1. The highest BCUT2D eigenvalue weighted by Crippen LogP contribution is 2.33. The SMILES string of the molecule is CC(=O)NC1CN(S(=O)(=O)c2cc(C)ccc2F)CC1c1ccc(C)o1. The van der Waals surface area contributed by atoms with Crippen molar-refractivity contribution in [2.24, 2.45) is 0 Å². The Kier molecular flexibility index (Phi) is 4.90. The monoisotopic (exact) mass is 380 g/mol. The number of halogens is 1. The lowest BCUT2D eigenvalue weighted by Crippen LogP contribution is -2.39. The molecule has 1 aromatic carbocycles. The zero-order chi connectivity index (χ0) is 19.1. The summed E-state index contributed by atoms with van der Waals surface area (Å²) in [7, 11) is -4.03. The van der Waals surface area contributed by atoms with Crippen LogP contribution in [0.25, 0.3) is 0 Å². The number of aryl methyl sites for hydroxylation is 2. The summed E-state index contributed by atoms with van der Waals surface area (Å²) in [6, 6.07) is 7.11. The van der Waals surface area contributed by atoms with Gasteiger partial charge in [-0.25, -0.2) is 12.8 Å². The fourth-order valence-electron chi connectivity index (χ4n) is 3.26. The molecule has 6 nitrogen and oxygen atoms in total. The van der Waals surface area contributed by atoms with E-state index in [-0.39, 0.29) is 29.8 Å². The van der Waals surface area contributed by atoms with E-state index in [1.165, 1.54) is 23.4 Å². The zero-order valence-electron chi connectivity index (χ0n) is 14.8. The molecule has 2 heterocycles. The van der Waals surface area contributed by atoms with Gasteiger partial charge in [0.1, 0.15) is 22.2 Å². The van der Waals surface area contributed by atoms with Crippen LogP contribution in [-0.2, 0) is 14.8 Å². The van der Waals surface area contributed by atoms with Gasteiger partial charge in [0.2, 0.25) is 15.9 Å². The van der Waals surface area contributed by atoms with Crippen molar-refractivity contribution in [3.8, 4) is 0 Å². The summed E-state index contributed by atoms with van der Waals surface area (Å²) >= 11 is 0. The van der Waals surface area contributed by atoms with Gasteiger partial charge < -0.3 is 9.73 Å². The van der Waals surface area contributed by atoms with Gasteiger partial charge in [-0.2, -0.15) is 4.31 Å². The summed E-state index contributed by atoms with van der Waals surface area (Å²) in [6.45, 7) is 5.04. The lowest BCUT2D eigenvalue weighted by molar-refractivity contribution is -0.119. The van der Waals surface area contributed by atoms with Crippen molar-refractivity contribution in [2.45, 2.75) is 37.6 Å². The number of furan rings is 1. The molecule has 3 rings (SSSR count). The number of sulfonamides is 1. The molecule has 2 atom stereocenters. The van der Waals surface area contributed by atoms with Crippen LogP contribution in [0.3, 0.4) is 0 Å². The molecular formula is C18H21FN2O4S. The number of amides is 1. The van der Waals surface area contributed by atoms with Crippen molar-refractivity contribution >= 4 is 15.9 Å². The van der Waals surface area contributed by atoms with Crippen molar-refractivity contribution in [1.29, 1.82) is 0 Å². The molecule has 1 N–H and O–H groups in total. The van der Waals surface area contributed by atoms with E-state index in [2.05, 4.69) is 5.32 Å². The summed E-state index contributed by atoms with van der Waals surface area (Å²) in [5, 5.41) is 2.78. The minimum Gasteiger partial charge on any atom is -0.466 e. The van der Waals surface area contributed by atoms with Crippen LogP contribution in [0.15, 0.2) is 39.6 Å². The molecule has 0 saturated carbocycles. The highest BCUT2D eigenvalue weighted by molar-refractivity contribution is 7.89. The number of hydrogen-bond acceptors (Lipinski definition) is 4. The average Bonchev–Trinajstić information content (AvgIpc) is 3.15. The van der Waals surface area contributed by atoms with Crippen molar-refractivity contribution in [3.63, 3.8) is 0 Å². The Bertz CT molecular complexity index is 938. The summed E-state index contributed by atoms with van der Waals surface area (Å²) in [6.07, 6.45) is 0. The molecule has 1 aliphatic heterocycles. The van der Waals surface area contributed by atoms with Gasteiger partial charge in [-0.1, -0.05) is 6.07 Å². The van der Waals surface area contributed by atoms with Gasteiger partial charge in [-0.05, 0) is 43.7 Å².